The maximum absolute atomic E-state index is 12.4. The van der Waals surface area contributed by atoms with Crippen LogP contribution in [-0.2, 0) is 14.3 Å². The normalized spacial score (nSPS) is 25.7. The number of rotatable bonds is 6. The van der Waals surface area contributed by atoms with Crippen LogP contribution < -0.4 is 5.32 Å². The number of nitrogens with zero attached hydrogens (tertiary/aromatic N) is 1. The number of carbonyl (C=O) groups is 2. The molecule has 0 bridgehead atoms. The van der Waals surface area contributed by atoms with Crippen LogP contribution in [0.5, 0.6) is 0 Å². The Bertz CT molecular complexity index is 331. The molecule has 1 rings (SSSR count). The first-order chi connectivity index (χ1) is 8.90. The highest BCUT2D eigenvalue weighted by molar-refractivity contribution is 5.96. The summed E-state index contributed by atoms with van der Waals surface area (Å²) in [5.41, 5.74) is 0. The predicted molar refractivity (Wildman–Crippen MR) is 73.6 cm³/mol. The van der Waals surface area contributed by atoms with Gasteiger partial charge in [0, 0.05) is 13.7 Å². The van der Waals surface area contributed by atoms with E-state index in [2.05, 4.69) is 19.2 Å². The van der Waals surface area contributed by atoms with E-state index in [1.54, 1.807) is 12.0 Å². The van der Waals surface area contributed by atoms with Crippen molar-refractivity contribution < 1.29 is 14.3 Å². The first-order valence-electron chi connectivity index (χ1n) is 7.04. The lowest BCUT2D eigenvalue weighted by molar-refractivity contribution is -0.151. The molecule has 0 aromatic rings. The number of piperazine rings is 1. The molecule has 5 nitrogen and oxygen atoms in total. The summed E-state index contributed by atoms with van der Waals surface area (Å²) >= 11 is 0. The Labute approximate surface area is 115 Å². The monoisotopic (exact) mass is 270 g/mol. The first kappa shape index (κ1) is 16.0. The molecule has 0 aromatic carbocycles. The summed E-state index contributed by atoms with van der Waals surface area (Å²) in [7, 11) is 1.62. The van der Waals surface area contributed by atoms with E-state index in [1.807, 2.05) is 13.8 Å². The van der Waals surface area contributed by atoms with Gasteiger partial charge in [-0.05, 0) is 25.7 Å². The molecule has 3 unspecified atom stereocenters. The molecule has 19 heavy (non-hydrogen) atoms. The summed E-state index contributed by atoms with van der Waals surface area (Å²) in [4.78, 5) is 26.3. The molecule has 1 heterocycles. The second kappa shape index (κ2) is 6.89. The van der Waals surface area contributed by atoms with Gasteiger partial charge in [0.15, 0.2) is 0 Å². The number of amides is 2. The average Bonchev–Trinajstić information content (AvgIpc) is 2.36. The Balaban J connectivity index is 2.90. The largest absolute Gasteiger partial charge is 0.380 e. The molecule has 1 saturated heterocycles. The number of hydrogen-bond donors (Lipinski definition) is 1. The number of carbonyl (C=O) groups excluding carboxylic acids is 2. The van der Waals surface area contributed by atoms with Crippen molar-refractivity contribution in [3.8, 4) is 0 Å². The minimum Gasteiger partial charge on any atom is -0.380 e. The van der Waals surface area contributed by atoms with Gasteiger partial charge in [-0.3, -0.25) is 9.59 Å². The fourth-order valence-electron chi connectivity index (χ4n) is 2.35. The van der Waals surface area contributed by atoms with Crippen LogP contribution >= 0.6 is 0 Å². The third kappa shape index (κ3) is 3.93. The fraction of sp³-hybridized carbons (Fsp3) is 0.857. The molecule has 0 radical (unpaired) electrons. The molecule has 0 aromatic heterocycles. The SMILES string of the molecule is CCC1NC(=O)C(CC(C)C)N(CC(C)OC)C1=O. The van der Waals surface area contributed by atoms with Gasteiger partial charge in [-0.15, -0.1) is 0 Å². The van der Waals surface area contributed by atoms with Gasteiger partial charge in [-0.25, -0.2) is 0 Å². The Morgan fingerprint density at radius 3 is 2.42 bits per heavy atom. The molecular weight excluding hydrogens is 244 g/mol. The van der Waals surface area contributed by atoms with Crippen molar-refractivity contribution in [1.29, 1.82) is 0 Å². The van der Waals surface area contributed by atoms with Crippen molar-refractivity contribution in [3.05, 3.63) is 0 Å². The van der Waals surface area contributed by atoms with E-state index in [9.17, 15) is 9.59 Å². The van der Waals surface area contributed by atoms with Crippen molar-refractivity contribution in [1.82, 2.24) is 10.2 Å². The third-order valence-corrected chi connectivity index (χ3v) is 3.54. The van der Waals surface area contributed by atoms with Gasteiger partial charge in [0.2, 0.25) is 11.8 Å². The van der Waals surface area contributed by atoms with Crippen molar-refractivity contribution in [2.75, 3.05) is 13.7 Å². The summed E-state index contributed by atoms with van der Waals surface area (Å²) in [6, 6.07) is -0.757. The van der Waals surface area contributed by atoms with Gasteiger partial charge in [-0.2, -0.15) is 0 Å². The van der Waals surface area contributed by atoms with Crippen LogP contribution in [0, 0.1) is 5.92 Å². The van der Waals surface area contributed by atoms with Gasteiger partial charge < -0.3 is 15.0 Å². The van der Waals surface area contributed by atoms with E-state index in [0.29, 0.717) is 25.3 Å². The number of nitrogens with one attached hydrogen (secondary N) is 1. The van der Waals surface area contributed by atoms with Crippen LogP contribution in [0.4, 0.5) is 0 Å². The zero-order chi connectivity index (χ0) is 14.6. The molecule has 5 heteroatoms. The minimum absolute atomic E-state index is 0.0108. The highest BCUT2D eigenvalue weighted by Crippen LogP contribution is 2.19. The summed E-state index contributed by atoms with van der Waals surface area (Å²) in [5.74, 6) is 0.335. The number of methoxy groups -OCH3 is 1. The van der Waals surface area contributed by atoms with Crippen LogP contribution in [0.3, 0.4) is 0 Å². The average molecular weight is 270 g/mol. The molecule has 2 amide bonds. The van der Waals surface area contributed by atoms with Gasteiger partial charge >= 0.3 is 0 Å². The Kier molecular flexibility index (Phi) is 5.79. The van der Waals surface area contributed by atoms with Crippen molar-refractivity contribution in [3.63, 3.8) is 0 Å². The Hall–Kier alpha value is -1.10. The summed E-state index contributed by atoms with van der Waals surface area (Å²) in [6.07, 6.45) is 1.24. The standard InChI is InChI=1S/C14H26N2O3/c1-6-11-14(18)16(8-10(4)19-5)12(7-9(2)3)13(17)15-11/h9-12H,6-8H2,1-5H3,(H,15,17). The topological polar surface area (TPSA) is 58.6 Å². The van der Waals surface area contributed by atoms with E-state index in [-0.39, 0.29) is 30.0 Å². The molecule has 1 aliphatic heterocycles. The quantitative estimate of drug-likeness (QED) is 0.788. The Morgan fingerprint density at radius 1 is 1.32 bits per heavy atom. The second-order valence-corrected chi connectivity index (χ2v) is 5.65. The van der Waals surface area contributed by atoms with Crippen LogP contribution in [-0.4, -0.2) is 48.6 Å². The van der Waals surface area contributed by atoms with E-state index >= 15 is 0 Å². The molecular formula is C14H26N2O3. The van der Waals surface area contributed by atoms with Gasteiger partial charge in [-0.1, -0.05) is 20.8 Å². The van der Waals surface area contributed by atoms with Gasteiger partial charge in [0.25, 0.3) is 0 Å². The molecule has 0 saturated carbocycles. The van der Waals surface area contributed by atoms with Crippen LogP contribution in [0.15, 0.2) is 0 Å². The lowest BCUT2D eigenvalue weighted by Gasteiger charge is -2.40. The van der Waals surface area contributed by atoms with E-state index in [0.717, 1.165) is 0 Å². The summed E-state index contributed by atoms with van der Waals surface area (Å²) < 4.78 is 5.23. The number of hydrogen-bond acceptors (Lipinski definition) is 3. The lowest BCUT2D eigenvalue weighted by atomic mass is 9.97. The van der Waals surface area contributed by atoms with E-state index in [1.165, 1.54) is 0 Å². The maximum Gasteiger partial charge on any atom is 0.245 e. The van der Waals surface area contributed by atoms with Crippen LogP contribution in [0.25, 0.3) is 0 Å². The minimum atomic E-state index is -0.389. The third-order valence-electron chi connectivity index (χ3n) is 3.54. The zero-order valence-corrected chi connectivity index (χ0v) is 12.6. The highest BCUT2D eigenvalue weighted by Gasteiger charge is 2.40. The molecule has 1 fully saturated rings. The molecule has 0 spiro atoms. The molecule has 1 aliphatic rings. The number of ether oxygens (including phenoxy) is 1. The molecule has 3 atom stereocenters. The predicted octanol–water partition coefficient (Wildman–Crippen LogP) is 1.17. The highest BCUT2D eigenvalue weighted by atomic mass is 16.5. The van der Waals surface area contributed by atoms with Crippen molar-refractivity contribution >= 4 is 11.8 Å². The molecule has 1 N–H and O–H groups in total. The first-order valence-corrected chi connectivity index (χ1v) is 7.04. The second-order valence-electron chi connectivity index (χ2n) is 5.65. The van der Waals surface area contributed by atoms with Gasteiger partial charge in [0.05, 0.1) is 6.10 Å². The molecule has 0 aliphatic carbocycles. The lowest BCUT2D eigenvalue weighted by Crippen LogP contribution is -2.64. The Morgan fingerprint density at radius 2 is 1.95 bits per heavy atom. The smallest absolute Gasteiger partial charge is 0.245 e. The summed E-state index contributed by atoms with van der Waals surface area (Å²) in [6.45, 7) is 8.40. The van der Waals surface area contributed by atoms with Crippen LogP contribution in [0.2, 0.25) is 0 Å². The van der Waals surface area contributed by atoms with E-state index < -0.39 is 0 Å². The fourth-order valence-corrected chi connectivity index (χ4v) is 2.35. The van der Waals surface area contributed by atoms with E-state index in [4.69, 9.17) is 4.74 Å². The molecule has 110 valence electrons. The van der Waals surface area contributed by atoms with Crippen LogP contribution in [0.1, 0.15) is 40.5 Å². The maximum atomic E-state index is 12.4. The zero-order valence-electron chi connectivity index (χ0n) is 12.6. The summed E-state index contributed by atoms with van der Waals surface area (Å²) in [5, 5.41) is 2.82. The van der Waals surface area contributed by atoms with Crippen molar-refractivity contribution in [2.24, 2.45) is 5.92 Å². The van der Waals surface area contributed by atoms with Crippen molar-refractivity contribution in [2.45, 2.75) is 58.7 Å². The van der Waals surface area contributed by atoms with Gasteiger partial charge in [0.1, 0.15) is 12.1 Å².